The van der Waals surface area contributed by atoms with Gasteiger partial charge in [-0.05, 0) is 42.3 Å². The van der Waals surface area contributed by atoms with E-state index in [1.807, 2.05) is 23.6 Å². The summed E-state index contributed by atoms with van der Waals surface area (Å²) in [5.41, 5.74) is 1.72. The van der Waals surface area contributed by atoms with E-state index < -0.39 is 6.04 Å². The highest BCUT2D eigenvalue weighted by atomic mass is 19.1. The van der Waals surface area contributed by atoms with E-state index in [2.05, 4.69) is 10.2 Å². The Morgan fingerprint density at radius 2 is 1.93 bits per heavy atom. The number of carbonyl (C=O) groups excluding carboxylic acids is 1. The van der Waals surface area contributed by atoms with Crippen LogP contribution in [0.4, 0.5) is 4.39 Å². The molecule has 1 amide bonds. The van der Waals surface area contributed by atoms with Crippen molar-refractivity contribution >= 4 is 5.91 Å². The number of phenolic OH excluding ortho intramolecular Hbond substituents is 1. The number of benzene rings is 2. The monoisotopic (exact) mass is 366 g/mol. The smallest absolute Gasteiger partial charge is 0.246 e. The van der Waals surface area contributed by atoms with Gasteiger partial charge < -0.3 is 14.6 Å². The van der Waals surface area contributed by atoms with E-state index in [1.165, 1.54) is 12.1 Å². The van der Waals surface area contributed by atoms with Gasteiger partial charge in [0.2, 0.25) is 5.91 Å². The molecule has 0 spiro atoms. The first kappa shape index (κ1) is 17.2. The van der Waals surface area contributed by atoms with Gasteiger partial charge in [0.1, 0.15) is 23.4 Å². The van der Waals surface area contributed by atoms with E-state index in [-0.39, 0.29) is 17.5 Å². The van der Waals surface area contributed by atoms with Crippen LogP contribution < -0.4 is 0 Å². The van der Waals surface area contributed by atoms with Crippen LogP contribution in [-0.2, 0) is 24.3 Å². The maximum Gasteiger partial charge on any atom is 0.246 e. The maximum atomic E-state index is 13.4. The number of hydrogen-bond acceptors (Lipinski definition) is 4. The summed E-state index contributed by atoms with van der Waals surface area (Å²) in [5, 5.41) is 17.9. The Balaban J connectivity index is 1.57. The molecule has 0 saturated carbocycles. The van der Waals surface area contributed by atoms with Crippen molar-refractivity contribution in [3.8, 4) is 5.75 Å². The number of halogens is 1. The van der Waals surface area contributed by atoms with Crippen LogP contribution in [0.15, 0.2) is 48.5 Å². The largest absolute Gasteiger partial charge is 0.508 e. The lowest BCUT2D eigenvalue weighted by atomic mass is 10.1. The summed E-state index contributed by atoms with van der Waals surface area (Å²) in [7, 11) is 0. The molecule has 1 aliphatic rings. The predicted molar refractivity (Wildman–Crippen MR) is 96.3 cm³/mol. The first-order chi connectivity index (χ1) is 13.0. The molecular formula is C20H19FN4O2. The van der Waals surface area contributed by atoms with Crippen LogP contribution in [0.2, 0.25) is 0 Å². The molecule has 138 valence electrons. The Morgan fingerprint density at radius 1 is 1.15 bits per heavy atom. The molecule has 1 atom stereocenters. The van der Waals surface area contributed by atoms with Crippen molar-refractivity contribution in [3.05, 3.63) is 77.1 Å². The van der Waals surface area contributed by atoms with Crippen molar-refractivity contribution in [3.63, 3.8) is 0 Å². The first-order valence-corrected chi connectivity index (χ1v) is 8.75. The Bertz CT molecular complexity index is 984. The third-order valence-electron chi connectivity index (χ3n) is 4.79. The second kappa shape index (κ2) is 6.83. The van der Waals surface area contributed by atoms with Gasteiger partial charge in [0.05, 0.1) is 6.54 Å². The van der Waals surface area contributed by atoms with Crippen LogP contribution in [-0.4, -0.2) is 30.7 Å². The number of nitrogens with zero attached hydrogens (tertiary/aromatic N) is 4. The van der Waals surface area contributed by atoms with E-state index in [0.717, 1.165) is 11.1 Å². The number of aromatic hydroxyl groups is 1. The minimum absolute atomic E-state index is 0.0430. The molecule has 0 radical (unpaired) electrons. The molecule has 0 unspecified atom stereocenters. The number of hydrogen-bond donors (Lipinski definition) is 1. The molecule has 3 aromatic rings. The fourth-order valence-corrected chi connectivity index (χ4v) is 3.45. The first-order valence-electron chi connectivity index (χ1n) is 8.75. The zero-order valence-corrected chi connectivity index (χ0v) is 14.8. The topological polar surface area (TPSA) is 71.2 Å². The van der Waals surface area contributed by atoms with Gasteiger partial charge in [-0.1, -0.05) is 24.3 Å². The van der Waals surface area contributed by atoms with Gasteiger partial charge in [0, 0.05) is 13.0 Å². The number of rotatable bonds is 4. The summed E-state index contributed by atoms with van der Waals surface area (Å²) in [6.07, 6.45) is 0.523. The van der Waals surface area contributed by atoms with Crippen LogP contribution in [0.3, 0.4) is 0 Å². The van der Waals surface area contributed by atoms with Crippen LogP contribution in [0.5, 0.6) is 5.75 Å². The normalized spacial score (nSPS) is 16.4. The highest BCUT2D eigenvalue weighted by Crippen LogP contribution is 2.25. The van der Waals surface area contributed by atoms with Gasteiger partial charge >= 0.3 is 0 Å². The molecule has 6 nitrogen and oxygen atoms in total. The fraction of sp³-hybridized carbons (Fsp3) is 0.250. The molecule has 0 fully saturated rings. The van der Waals surface area contributed by atoms with Crippen LogP contribution >= 0.6 is 0 Å². The van der Waals surface area contributed by atoms with Crippen LogP contribution in [0.25, 0.3) is 0 Å². The zero-order valence-electron chi connectivity index (χ0n) is 14.8. The number of carbonyl (C=O) groups is 1. The Labute approximate surface area is 155 Å². The van der Waals surface area contributed by atoms with E-state index in [1.54, 1.807) is 29.2 Å². The van der Waals surface area contributed by atoms with Crippen molar-refractivity contribution in [1.29, 1.82) is 0 Å². The lowest BCUT2D eigenvalue weighted by Gasteiger charge is -2.32. The summed E-state index contributed by atoms with van der Waals surface area (Å²) in [4.78, 5) is 14.5. The van der Waals surface area contributed by atoms with Gasteiger partial charge in [-0.2, -0.15) is 0 Å². The van der Waals surface area contributed by atoms with E-state index in [4.69, 9.17) is 0 Å². The number of phenols is 1. The zero-order chi connectivity index (χ0) is 19.0. The second-order valence-electron chi connectivity index (χ2n) is 6.75. The standard InChI is InChI=1S/C20H19FN4O2/c1-13-20(27)24(11-15-3-2-4-16(21)9-15)12-19-23-22-18(25(13)19)10-14-5-7-17(26)8-6-14/h2-9,13,26H,10-12H2,1H3/t13-/m0/s1. The second-order valence-corrected chi connectivity index (χ2v) is 6.75. The van der Waals surface area contributed by atoms with Crippen LogP contribution in [0.1, 0.15) is 35.7 Å². The number of fused-ring (bicyclic) bond motifs is 1. The molecule has 1 aromatic heterocycles. The summed E-state index contributed by atoms with van der Waals surface area (Å²) >= 11 is 0. The molecule has 0 saturated heterocycles. The quantitative estimate of drug-likeness (QED) is 0.771. The molecule has 1 aliphatic heterocycles. The molecule has 2 aromatic carbocycles. The number of amides is 1. The Hall–Kier alpha value is -3.22. The van der Waals surface area contributed by atoms with Crippen LogP contribution in [0, 0.1) is 5.82 Å². The Morgan fingerprint density at radius 3 is 2.67 bits per heavy atom. The average molecular weight is 366 g/mol. The van der Waals surface area contributed by atoms with Gasteiger partial charge in [0.25, 0.3) is 0 Å². The molecule has 0 aliphatic carbocycles. The molecule has 27 heavy (non-hydrogen) atoms. The third-order valence-corrected chi connectivity index (χ3v) is 4.79. The lowest BCUT2D eigenvalue weighted by Crippen LogP contribution is -2.41. The minimum Gasteiger partial charge on any atom is -0.508 e. The molecule has 2 heterocycles. The predicted octanol–water partition coefficient (Wildman–Crippen LogP) is 2.82. The van der Waals surface area contributed by atoms with Crippen molar-refractivity contribution in [2.45, 2.75) is 32.5 Å². The third kappa shape index (κ3) is 3.40. The molecule has 7 heteroatoms. The Kier molecular flexibility index (Phi) is 4.35. The van der Waals surface area contributed by atoms with Gasteiger partial charge in [0.15, 0.2) is 5.82 Å². The fourth-order valence-electron chi connectivity index (χ4n) is 3.45. The van der Waals surface area contributed by atoms with E-state index in [9.17, 15) is 14.3 Å². The summed E-state index contributed by atoms with van der Waals surface area (Å²) in [6.45, 7) is 2.50. The minimum atomic E-state index is -0.426. The van der Waals surface area contributed by atoms with Crippen molar-refractivity contribution in [1.82, 2.24) is 19.7 Å². The van der Waals surface area contributed by atoms with Crippen molar-refractivity contribution < 1.29 is 14.3 Å². The molecule has 4 rings (SSSR count). The van der Waals surface area contributed by atoms with Gasteiger partial charge in [-0.15, -0.1) is 10.2 Å². The molecular weight excluding hydrogens is 347 g/mol. The highest BCUT2D eigenvalue weighted by Gasteiger charge is 2.33. The summed E-state index contributed by atoms with van der Waals surface area (Å²) in [6, 6.07) is 12.7. The van der Waals surface area contributed by atoms with Crippen molar-refractivity contribution in [2.75, 3.05) is 0 Å². The molecule has 0 bridgehead atoms. The maximum absolute atomic E-state index is 13.4. The van der Waals surface area contributed by atoms with E-state index in [0.29, 0.717) is 31.2 Å². The number of aromatic nitrogens is 3. The summed E-state index contributed by atoms with van der Waals surface area (Å²) in [5.74, 6) is 1.27. The summed E-state index contributed by atoms with van der Waals surface area (Å²) < 4.78 is 15.3. The highest BCUT2D eigenvalue weighted by molar-refractivity contribution is 5.81. The van der Waals surface area contributed by atoms with Gasteiger partial charge in [-0.3, -0.25) is 4.79 Å². The SMILES string of the molecule is C[C@H]1C(=O)N(Cc2cccc(F)c2)Cc2nnc(Cc3ccc(O)cc3)n21. The van der Waals surface area contributed by atoms with Crippen molar-refractivity contribution in [2.24, 2.45) is 0 Å². The van der Waals surface area contributed by atoms with Gasteiger partial charge in [-0.25, -0.2) is 4.39 Å². The van der Waals surface area contributed by atoms with E-state index >= 15 is 0 Å². The lowest BCUT2D eigenvalue weighted by molar-refractivity contribution is -0.137. The average Bonchev–Trinajstić information content (AvgIpc) is 3.04. The molecule has 1 N–H and O–H groups in total.